The Kier molecular flexibility index (Phi) is 13.3. The number of thiol groups is 2. The largest absolute Gasteiger partial charge is 0.248 e. The van der Waals surface area contributed by atoms with Gasteiger partial charge in [0.05, 0.1) is 0 Å². The van der Waals surface area contributed by atoms with E-state index < -0.39 is 54.8 Å². The molecule has 1 unspecified atom stereocenters. The van der Waals surface area contributed by atoms with Gasteiger partial charge in [0, 0.05) is 48.4 Å². The molecule has 2 rings (SSSR count). The summed E-state index contributed by atoms with van der Waals surface area (Å²) in [4.78, 5) is 0. The van der Waals surface area contributed by atoms with E-state index in [0.29, 0.717) is 15.5 Å². The van der Waals surface area contributed by atoms with Crippen LogP contribution in [0, 0.1) is 20.8 Å². The molecule has 0 aromatic heterocycles. The van der Waals surface area contributed by atoms with E-state index in [0.717, 1.165) is 0 Å². The topological polar surface area (TPSA) is 0 Å². The molecule has 2 aromatic rings. The second kappa shape index (κ2) is 14.2. The van der Waals surface area contributed by atoms with Gasteiger partial charge in [-0.2, -0.15) is 12.1 Å². The van der Waals surface area contributed by atoms with Crippen molar-refractivity contribution in [3.8, 4) is 0 Å². The van der Waals surface area contributed by atoms with E-state index >= 15 is 0 Å². The zero-order chi connectivity index (χ0) is 36.4. The van der Waals surface area contributed by atoms with Gasteiger partial charge in [-0.3, -0.25) is 0 Å². The van der Waals surface area contributed by atoms with Gasteiger partial charge >= 0.3 is 0 Å². The van der Waals surface area contributed by atoms with Crippen molar-refractivity contribution in [3.63, 3.8) is 0 Å². The highest BCUT2D eigenvalue weighted by Crippen LogP contribution is 2.47. The van der Waals surface area contributed by atoms with Crippen LogP contribution in [0.2, 0.25) is 118 Å². The minimum atomic E-state index is -2.68. The van der Waals surface area contributed by atoms with Gasteiger partial charge in [-0.25, -0.2) is 0 Å². The van der Waals surface area contributed by atoms with Gasteiger partial charge in [0.2, 0.25) is 6.37 Å². The highest BCUT2D eigenvalue weighted by atomic mass is 33.2. The van der Waals surface area contributed by atoms with Crippen LogP contribution < -0.4 is 10.4 Å². The molecule has 262 valence electrons. The Labute approximate surface area is 308 Å². The normalized spacial score (nSPS) is 15.7. The van der Waals surface area contributed by atoms with Crippen molar-refractivity contribution in [2.24, 2.45) is 0 Å². The van der Waals surface area contributed by atoms with Crippen LogP contribution in [0.3, 0.4) is 0 Å². The lowest BCUT2D eigenvalue weighted by Gasteiger charge is -2.48. The van der Waals surface area contributed by atoms with Gasteiger partial charge in [-0.05, 0) is 74.5 Å². The lowest BCUT2D eigenvalue weighted by Crippen LogP contribution is -2.61. The van der Waals surface area contributed by atoms with Gasteiger partial charge in [-0.15, -0.1) is 11.7 Å². The fourth-order valence-corrected chi connectivity index (χ4v) is 57.7. The Balaban J connectivity index is 3.59. The van der Waals surface area contributed by atoms with Gasteiger partial charge < -0.3 is 0 Å². The Morgan fingerprint density at radius 1 is 0.457 bits per heavy atom. The molecule has 0 aliphatic carbocycles. The summed E-state index contributed by atoms with van der Waals surface area (Å²) in [5.41, 5.74) is 9.28. The molecule has 0 amide bonds. The Hall–Kier alpha value is 1.01. The Bertz CT molecular complexity index is 1280. The second-order valence-electron chi connectivity index (χ2n) is 21.1. The van der Waals surface area contributed by atoms with Crippen LogP contribution in [0.1, 0.15) is 48.9 Å². The summed E-state index contributed by atoms with van der Waals surface area (Å²) in [6, 6.07) is 10.5. The van der Waals surface area contributed by atoms with E-state index in [1.807, 2.05) is 10.2 Å². The first-order valence-corrected chi connectivity index (χ1v) is 44.9. The van der Waals surface area contributed by atoms with Crippen LogP contribution in [0.25, 0.3) is 0 Å². The van der Waals surface area contributed by atoms with Crippen LogP contribution in [-0.4, -0.2) is 54.8 Å². The zero-order valence-corrected chi connectivity index (χ0v) is 43.4. The average Bonchev–Trinajstić information content (AvgIpc) is 2.71. The number of benzene rings is 2. The van der Waals surface area contributed by atoms with Crippen molar-refractivity contribution >= 4 is 99.2 Å². The van der Waals surface area contributed by atoms with Crippen LogP contribution in [0.15, 0.2) is 24.3 Å². The van der Waals surface area contributed by atoms with Gasteiger partial charge in [0.15, 0.2) is 0 Å². The molecule has 1 atom stereocenters. The van der Waals surface area contributed by atoms with E-state index in [1.165, 1.54) is 21.9 Å². The van der Waals surface area contributed by atoms with Gasteiger partial charge in [0.25, 0.3) is 0 Å². The van der Waals surface area contributed by atoms with Crippen molar-refractivity contribution < 1.29 is 0 Å². The lowest BCUT2D eigenvalue weighted by atomic mass is 10.1. The van der Waals surface area contributed by atoms with Gasteiger partial charge in [-0.1, -0.05) is 158 Å². The molecule has 0 N–H and O–H groups in total. The zero-order valence-electron chi connectivity index (χ0n) is 33.8. The fourth-order valence-electron chi connectivity index (χ4n) is 10.4. The average molecular weight is 798 g/mol. The standard InChI is InChI=1S/C36H72S3Si7/c1-26-22-27(2)32(28(3)23-26)46(38,39-37)33-30(35(42(10,11)12)43(13,14)15)24-29(34(40(4,5)6)41(7,8)9)25-31(33)36(44(16,17)18)45(19,20)21/h22-25,34-38H,1-21H3. The second-order valence-corrected chi connectivity index (χ2v) is 64.1. The molecule has 0 bridgehead atoms. The summed E-state index contributed by atoms with van der Waals surface area (Å²) in [5, 5.41) is 5.17. The maximum atomic E-state index is 6.09. The molecule has 0 aliphatic heterocycles. The SMILES string of the molecule is Cc1cc(C)c([Si](S)(SS)c2c(C([Si](C)(C)C)[Si](C)(C)C)cc(C([Si](C)(C)C)[Si](C)(C)C)cc2C([Si](C)(C)C)[Si](C)(C)C)c(C)c1. The molecule has 0 aliphatic rings. The highest BCUT2D eigenvalue weighted by Gasteiger charge is 2.51. The van der Waals surface area contributed by atoms with Crippen molar-refractivity contribution in [1.29, 1.82) is 0 Å². The van der Waals surface area contributed by atoms with Crippen molar-refractivity contribution in [3.05, 3.63) is 57.6 Å². The molecule has 0 radical (unpaired) electrons. The van der Waals surface area contributed by atoms with Gasteiger partial charge in [0.1, 0.15) is 0 Å². The van der Waals surface area contributed by atoms with Crippen LogP contribution in [0.4, 0.5) is 0 Å². The first-order valence-electron chi connectivity index (χ1n) is 17.5. The molecule has 0 heterocycles. The van der Waals surface area contributed by atoms with E-state index in [1.54, 1.807) is 21.9 Å². The minimum absolute atomic E-state index is 0.645. The first kappa shape index (κ1) is 43.2. The number of rotatable bonds is 12. The molecule has 0 fully saturated rings. The fraction of sp³-hybridized carbons (Fsp3) is 0.667. The molecule has 10 heteroatoms. The van der Waals surface area contributed by atoms with E-state index in [9.17, 15) is 0 Å². The third-order valence-corrected chi connectivity index (χ3v) is 48.7. The van der Waals surface area contributed by atoms with Crippen molar-refractivity contribution in [2.75, 3.05) is 0 Å². The van der Waals surface area contributed by atoms with Crippen LogP contribution in [0.5, 0.6) is 0 Å². The monoisotopic (exact) mass is 796 g/mol. The minimum Gasteiger partial charge on any atom is -0.180 e. The molecule has 46 heavy (non-hydrogen) atoms. The smallest absolute Gasteiger partial charge is 0.180 e. The predicted molar refractivity (Wildman–Crippen MR) is 246 cm³/mol. The third kappa shape index (κ3) is 9.46. The maximum Gasteiger partial charge on any atom is 0.248 e. The Morgan fingerprint density at radius 3 is 0.978 bits per heavy atom. The molecule has 0 saturated carbocycles. The molecular weight excluding hydrogens is 725 g/mol. The summed E-state index contributed by atoms with van der Waals surface area (Å²) >= 11 is 11.4. The summed E-state index contributed by atoms with van der Waals surface area (Å²) in [6.07, 6.45) is -2.68. The quantitative estimate of drug-likeness (QED) is 0.123. The molecule has 0 nitrogen and oxygen atoms in total. The van der Waals surface area contributed by atoms with Crippen LogP contribution >= 0.6 is 34.0 Å². The molecule has 2 aromatic carbocycles. The number of hydrogen-bond donors (Lipinski definition) is 2. The lowest BCUT2D eigenvalue weighted by molar-refractivity contribution is 1.10. The third-order valence-electron chi connectivity index (χ3n) is 9.86. The highest BCUT2D eigenvalue weighted by molar-refractivity contribution is 8.89. The summed E-state index contributed by atoms with van der Waals surface area (Å²) in [5.74, 6) is 0. The molecule has 0 saturated heterocycles. The first-order chi connectivity index (χ1) is 20.2. The molecular formula is C36H72S3Si7. The number of hydrogen-bond acceptors (Lipinski definition) is 3. The number of aryl methyl sites for hydroxylation is 3. The maximum absolute atomic E-state index is 6.09. The van der Waals surface area contributed by atoms with E-state index in [2.05, 4.69) is 163 Å². The van der Waals surface area contributed by atoms with Crippen molar-refractivity contribution in [1.82, 2.24) is 0 Å². The van der Waals surface area contributed by atoms with E-state index in [-0.39, 0.29) is 0 Å². The van der Waals surface area contributed by atoms with E-state index in [4.69, 9.17) is 23.7 Å². The summed E-state index contributed by atoms with van der Waals surface area (Å²) < 4.78 is 0. The summed E-state index contributed by atoms with van der Waals surface area (Å²) in [7, 11) is -7.91. The predicted octanol–water partition coefficient (Wildman–Crippen LogP) is 12.2. The molecule has 0 spiro atoms. The Morgan fingerprint density at radius 2 is 0.739 bits per heavy atom. The summed E-state index contributed by atoms with van der Waals surface area (Å²) in [6.45, 7) is 54.7. The van der Waals surface area contributed by atoms with Crippen LogP contribution in [-0.2, 0) is 0 Å². The van der Waals surface area contributed by atoms with Crippen molar-refractivity contribution in [2.45, 2.75) is 154 Å².